The van der Waals surface area contributed by atoms with Crippen LogP contribution in [0.3, 0.4) is 0 Å². The monoisotopic (exact) mass is 312 g/mol. The van der Waals surface area contributed by atoms with Gasteiger partial charge in [0.05, 0.1) is 0 Å². The fourth-order valence-corrected chi connectivity index (χ4v) is 1.97. The molecule has 0 aromatic heterocycles. The van der Waals surface area contributed by atoms with Gasteiger partial charge in [-0.25, -0.2) is 4.99 Å². The molecule has 0 radical (unpaired) electrons. The van der Waals surface area contributed by atoms with Crippen LogP contribution < -0.4 is 10.6 Å². The number of amides is 1. The first-order valence-electron chi connectivity index (χ1n) is 8.46. The van der Waals surface area contributed by atoms with Crippen LogP contribution >= 0.6 is 0 Å². The summed E-state index contributed by atoms with van der Waals surface area (Å²) in [6.45, 7) is 11.8. The first kappa shape index (κ1) is 20.7. The maximum absolute atomic E-state index is 11.7. The largest absolute Gasteiger partial charge is 0.356 e. The number of guanidine groups is 1. The molecule has 0 aliphatic heterocycles. The van der Waals surface area contributed by atoms with Gasteiger partial charge in [0.1, 0.15) is 6.54 Å². The summed E-state index contributed by atoms with van der Waals surface area (Å²) >= 11 is 0. The molecule has 0 fully saturated rings. The molecule has 2 N–H and O–H groups in total. The van der Waals surface area contributed by atoms with Crippen LogP contribution in [0.5, 0.6) is 0 Å². The third-order valence-corrected chi connectivity index (χ3v) is 3.47. The summed E-state index contributed by atoms with van der Waals surface area (Å²) in [6.07, 6.45) is 4.89. The number of aliphatic imine (C=N–C) groups is 1. The second-order valence-corrected chi connectivity index (χ2v) is 7.13. The second kappa shape index (κ2) is 10.5. The van der Waals surface area contributed by atoms with Gasteiger partial charge in [0.25, 0.3) is 0 Å². The zero-order chi connectivity index (χ0) is 17.2. The van der Waals surface area contributed by atoms with Crippen molar-refractivity contribution in [1.29, 1.82) is 0 Å². The third-order valence-electron chi connectivity index (χ3n) is 3.47. The quantitative estimate of drug-likeness (QED) is 0.535. The lowest BCUT2D eigenvalue weighted by atomic mass is 9.99. The number of unbranched alkanes of at least 4 members (excludes halogenated alkanes) is 1. The van der Waals surface area contributed by atoms with Crippen molar-refractivity contribution in [2.75, 3.05) is 27.2 Å². The van der Waals surface area contributed by atoms with Gasteiger partial charge in [0, 0.05) is 26.2 Å². The maximum atomic E-state index is 11.7. The van der Waals surface area contributed by atoms with E-state index in [9.17, 15) is 4.79 Å². The molecular formula is C17H36N4O. The lowest BCUT2D eigenvalue weighted by Crippen LogP contribution is -2.49. The fourth-order valence-electron chi connectivity index (χ4n) is 1.97. The van der Waals surface area contributed by atoms with Crippen LogP contribution in [0, 0.1) is 5.92 Å². The van der Waals surface area contributed by atoms with E-state index in [4.69, 9.17) is 0 Å². The highest BCUT2D eigenvalue weighted by molar-refractivity contribution is 5.85. The van der Waals surface area contributed by atoms with Crippen LogP contribution in [0.15, 0.2) is 4.99 Å². The van der Waals surface area contributed by atoms with E-state index >= 15 is 0 Å². The van der Waals surface area contributed by atoms with Gasteiger partial charge >= 0.3 is 0 Å². The molecule has 0 aromatic carbocycles. The average Bonchev–Trinajstić information content (AvgIpc) is 2.42. The number of likely N-dealkylation sites (N-methyl/N-ethyl adjacent to an activating group) is 1. The molecule has 1 amide bonds. The Morgan fingerprint density at radius 1 is 1.23 bits per heavy atom. The van der Waals surface area contributed by atoms with Crippen LogP contribution in [-0.4, -0.2) is 49.5 Å². The van der Waals surface area contributed by atoms with Crippen LogP contribution in [-0.2, 0) is 4.79 Å². The van der Waals surface area contributed by atoms with Crippen molar-refractivity contribution in [1.82, 2.24) is 15.5 Å². The van der Waals surface area contributed by atoms with Crippen molar-refractivity contribution in [2.45, 2.75) is 65.8 Å². The highest BCUT2D eigenvalue weighted by atomic mass is 16.2. The summed E-state index contributed by atoms with van der Waals surface area (Å²) in [7, 11) is 3.50. The predicted molar refractivity (Wildman–Crippen MR) is 95.2 cm³/mol. The van der Waals surface area contributed by atoms with Crippen molar-refractivity contribution in [3.8, 4) is 0 Å². The number of rotatable bonds is 8. The molecule has 0 bridgehead atoms. The fraction of sp³-hybridized carbons (Fsp3) is 0.882. The van der Waals surface area contributed by atoms with Crippen molar-refractivity contribution >= 4 is 11.9 Å². The lowest BCUT2D eigenvalue weighted by Gasteiger charge is -2.25. The van der Waals surface area contributed by atoms with Gasteiger partial charge in [-0.15, -0.1) is 0 Å². The van der Waals surface area contributed by atoms with Crippen LogP contribution in [0.1, 0.15) is 60.3 Å². The van der Waals surface area contributed by atoms with E-state index in [2.05, 4.69) is 50.2 Å². The summed E-state index contributed by atoms with van der Waals surface area (Å²) in [5.41, 5.74) is -0.0852. The van der Waals surface area contributed by atoms with Crippen LogP contribution in [0.25, 0.3) is 0 Å². The lowest BCUT2D eigenvalue weighted by molar-refractivity contribution is -0.127. The van der Waals surface area contributed by atoms with Crippen LogP contribution in [0.2, 0.25) is 0 Å². The molecule has 0 aliphatic carbocycles. The predicted octanol–water partition coefficient (Wildman–Crippen LogP) is 2.62. The van der Waals surface area contributed by atoms with Crippen molar-refractivity contribution in [2.24, 2.45) is 10.9 Å². The Morgan fingerprint density at radius 3 is 2.32 bits per heavy atom. The standard InChI is InChI=1S/C17H36N4O/c1-8-10-11-14(9-2)12-18-16(20-17(3,4)5)19-13-15(22)21(6)7/h14H,8-13H2,1-7H3,(H2,18,19,20). The molecule has 0 heterocycles. The Balaban J connectivity index is 4.65. The van der Waals surface area contributed by atoms with Gasteiger partial charge in [-0.05, 0) is 33.1 Å². The van der Waals surface area contributed by atoms with Crippen LogP contribution in [0.4, 0.5) is 0 Å². The van der Waals surface area contributed by atoms with Gasteiger partial charge in [0.2, 0.25) is 5.91 Å². The zero-order valence-electron chi connectivity index (χ0n) is 15.6. The number of carbonyl (C=O) groups is 1. The Hall–Kier alpha value is -1.26. The minimum Gasteiger partial charge on any atom is -0.356 e. The SMILES string of the molecule is CCCCC(CC)CNC(=NCC(=O)N(C)C)NC(C)(C)C. The van der Waals surface area contributed by atoms with Crippen molar-refractivity contribution in [3.63, 3.8) is 0 Å². The molecule has 130 valence electrons. The Bertz CT molecular complexity index is 345. The minimum atomic E-state index is -0.0852. The summed E-state index contributed by atoms with van der Waals surface area (Å²) in [5.74, 6) is 1.38. The van der Waals surface area contributed by atoms with E-state index in [1.54, 1.807) is 19.0 Å². The molecule has 22 heavy (non-hydrogen) atoms. The number of hydrogen-bond acceptors (Lipinski definition) is 2. The number of hydrogen-bond donors (Lipinski definition) is 2. The van der Waals surface area contributed by atoms with E-state index in [0.717, 1.165) is 18.9 Å². The van der Waals surface area contributed by atoms with Gasteiger partial charge < -0.3 is 15.5 Å². The third kappa shape index (κ3) is 10.5. The maximum Gasteiger partial charge on any atom is 0.243 e. The molecule has 0 saturated carbocycles. The second-order valence-electron chi connectivity index (χ2n) is 7.13. The topological polar surface area (TPSA) is 56.7 Å². The van der Waals surface area contributed by atoms with Gasteiger partial charge in [-0.1, -0.05) is 33.1 Å². The van der Waals surface area contributed by atoms with Gasteiger partial charge in [-0.3, -0.25) is 4.79 Å². The summed E-state index contributed by atoms with van der Waals surface area (Å²) in [6, 6.07) is 0. The molecule has 0 saturated heterocycles. The summed E-state index contributed by atoms with van der Waals surface area (Å²) < 4.78 is 0. The normalized spacial score (nSPS) is 13.7. The highest BCUT2D eigenvalue weighted by Crippen LogP contribution is 2.11. The number of nitrogens with zero attached hydrogens (tertiary/aromatic N) is 2. The molecule has 0 rings (SSSR count). The molecule has 0 aliphatic rings. The highest BCUT2D eigenvalue weighted by Gasteiger charge is 2.14. The number of nitrogens with one attached hydrogen (secondary N) is 2. The molecule has 5 nitrogen and oxygen atoms in total. The van der Waals surface area contributed by atoms with Gasteiger partial charge in [-0.2, -0.15) is 0 Å². The van der Waals surface area contributed by atoms with E-state index in [1.807, 2.05) is 0 Å². The summed E-state index contributed by atoms with van der Waals surface area (Å²) in [5, 5.41) is 6.75. The minimum absolute atomic E-state index is 0.00744. The van der Waals surface area contributed by atoms with E-state index in [0.29, 0.717) is 5.92 Å². The van der Waals surface area contributed by atoms with E-state index in [1.165, 1.54) is 19.3 Å². The Morgan fingerprint density at radius 2 is 1.86 bits per heavy atom. The molecule has 5 heteroatoms. The molecular weight excluding hydrogens is 276 g/mol. The van der Waals surface area contributed by atoms with Crippen molar-refractivity contribution < 1.29 is 4.79 Å². The molecule has 0 spiro atoms. The molecule has 1 atom stereocenters. The molecule has 0 aromatic rings. The van der Waals surface area contributed by atoms with Crippen molar-refractivity contribution in [3.05, 3.63) is 0 Å². The number of carbonyl (C=O) groups excluding carboxylic acids is 1. The van der Waals surface area contributed by atoms with E-state index < -0.39 is 0 Å². The first-order chi connectivity index (χ1) is 10.2. The van der Waals surface area contributed by atoms with Gasteiger partial charge in [0.15, 0.2) is 5.96 Å². The summed E-state index contributed by atoms with van der Waals surface area (Å²) in [4.78, 5) is 17.7. The Kier molecular flexibility index (Phi) is 9.86. The Labute approximate surface area is 136 Å². The van der Waals surface area contributed by atoms with E-state index in [-0.39, 0.29) is 18.0 Å². The first-order valence-corrected chi connectivity index (χ1v) is 8.46. The zero-order valence-corrected chi connectivity index (χ0v) is 15.6. The molecule has 1 unspecified atom stereocenters. The average molecular weight is 313 g/mol. The smallest absolute Gasteiger partial charge is 0.243 e.